The first-order chi connectivity index (χ1) is 9.07. The normalized spacial score (nSPS) is 20.9. The molecule has 0 aliphatic carbocycles. The van der Waals surface area contributed by atoms with Gasteiger partial charge in [0.05, 0.1) is 5.60 Å². The van der Waals surface area contributed by atoms with Crippen LogP contribution in [0.5, 0.6) is 0 Å². The predicted molar refractivity (Wildman–Crippen MR) is 79.4 cm³/mol. The summed E-state index contributed by atoms with van der Waals surface area (Å²) in [4.78, 5) is 19.4. The molecule has 0 aromatic heterocycles. The summed E-state index contributed by atoms with van der Waals surface area (Å²) in [6.07, 6.45) is 1.92. The molecule has 0 aromatic rings. The van der Waals surface area contributed by atoms with Crippen molar-refractivity contribution in [3.8, 4) is 0 Å². The monoisotopic (exact) mass is 286 g/mol. The van der Waals surface area contributed by atoms with Gasteiger partial charge in [-0.2, -0.15) is 0 Å². The SMILES string of the molecule is CC(C)(C)ONCC1CCCN(C(=O)OC(C)(C)C)C1. The van der Waals surface area contributed by atoms with Crippen molar-refractivity contribution in [1.82, 2.24) is 10.4 Å². The molecular formula is C15H30N2O3. The van der Waals surface area contributed by atoms with Gasteiger partial charge in [0.1, 0.15) is 5.60 Å². The van der Waals surface area contributed by atoms with E-state index in [-0.39, 0.29) is 11.7 Å². The number of hydroxylamine groups is 1. The average Bonchev–Trinajstić information content (AvgIpc) is 2.25. The fourth-order valence-electron chi connectivity index (χ4n) is 2.10. The second-order valence-corrected chi connectivity index (χ2v) is 7.50. The van der Waals surface area contributed by atoms with Crippen molar-refractivity contribution in [2.45, 2.75) is 65.6 Å². The molecule has 1 rings (SSSR count). The van der Waals surface area contributed by atoms with E-state index in [0.717, 1.165) is 32.5 Å². The van der Waals surface area contributed by atoms with E-state index in [0.29, 0.717) is 5.92 Å². The molecule has 1 N–H and O–H groups in total. The standard InChI is InChI=1S/C15H30N2O3/c1-14(2,3)19-13(18)17-9-7-8-12(11-17)10-16-20-15(4,5)6/h12,16H,7-11H2,1-6H3. The Morgan fingerprint density at radius 2 is 1.85 bits per heavy atom. The van der Waals surface area contributed by atoms with Crippen LogP contribution in [-0.4, -0.2) is 41.8 Å². The summed E-state index contributed by atoms with van der Waals surface area (Å²) in [5.41, 5.74) is 2.40. The summed E-state index contributed by atoms with van der Waals surface area (Å²) >= 11 is 0. The topological polar surface area (TPSA) is 50.8 Å². The molecule has 0 saturated carbocycles. The van der Waals surface area contributed by atoms with Gasteiger partial charge >= 0.3 is 6.09 Å². The number of ether oxygens (including phenoxy) is 1. The Hall–Kier alpha value is -0.810. The Balaban J connectivity index is 2.37. The Labute approximate surface area is 122 Å². The Kier molecular flexibility index (Phi) is 5.83. The second-order valence-electron chi connectivity index (χ2n) is 7.50. The van der Waals surface area contributed by atoms with Crippen molar-refractivity contribution < 1.29 is 14.4 Å². The minimum absolute atomic E-state index is 0.195. The zero-order valence-corrected chi connectivity index (χ0v) is 13.8. The first kappa shape index (κ1) is 17.2. The molecule has 1 fully saturated rings. The number of likely N-dealkylation sites (tertiary alicyclic amines) is 1. The fourth-order valence-corrected chi connectivity index (χ4v) is 2.10. The first-order valence-corrected chi connectivity index (χ1v) is 7.45. The number of hydrogen-bond acceptors (Lipinski definition) is 4. The number of amides is 1. The Bertz CT molecular complexity index is 318. The summed E-state index contributed by atoms with van der Waals surface area (Å²) in [5, 5.41) is 0. The van der Waals surface area contributed by atoms with Crippen LogP contribution in [0.25, 0.3) is 0 Å². The van der Waals surface area contributed by atoms with Gasteiger partial charge in [0.15, 0.2) is 0 Å². The Morgan fingerprint density at radius 3 is 2.40 bits per heavy atom. The van der Waals surface area contributed by atoms with Crippen LogP contribution in [0.15, 0.2) is 0 Å². The zero-order chi connectivity index (χ0) is 15.4. The molecule has 0 aromatic carbocycles. The summed E-state index contributed by atoms with van der Waals surface area (Å²) in [5.74, 6) is 0.415. The van der Waals surface area contributed by atoms with Gasteiger partial charge in [-0.25, -0.2) is 10.3 Å². The number of carbonyl (C=O) groups is 1. The maximum absolute atomic E-state index is 12.0. The van der Waals surface area contributed by atoms with Crippen LogP contribution in [0, 0.1) is 5.92 Å². The molecule has 5 heteroatoms. The van der Waals surface area contributed by atoms with Crippen LogP contribution >= 0.6 is 0 Å². The van der Waals surface area contributed by atoms with Gasteiger partial charge in [0.25, 0.3) is 0 Å². The quantitative estimate of drug-likeness (QED) is 0.810. The third-order valence-electron chi connectivity index (χ3n) is 2.92. The Morgan fingerprint density at radius 1 is 1.20 bits per heavy atom. The van der Waals surface area contributed by atoms with Gasteiger partial charge in [-0.3, -0.25) is 4.84 Å². The highest BCUT2D eigenvalue weighted by molar-refractivity contribution is 5.68. The maximum atomic E-state index is 12.0. The first-order valence-electron chi connectivity index (χ1n) is 7.45. The van der Waals surface area contributed by atoms with Gasteiger partial charge in [-0.15, -0.1) is 0 Å². The number of piperidine rings is 1. The van der Waals surface area contributed by atoms with Gasteiger partial charge in [0, 0.05) is 19.6 Å². The van der Waals surface area contributed by atoms with Crippen molar-refractivity contribution in [2.75, 3.05) is 19.6 Å². The van der Waals surface area contributed by atoms with Gasteiger partial charge in [-0.05, 0) is 60.3 Å². The summed E-state index contributed by atoms with van der Waals surface area (Å²) in [6.45, 7) is 14.0. The molecule has 0 radical (unpaired) electrons. The molecule has 20 heavy (non-hydrogen) atoms. The van der Waals surface area contributed by atoms with Gasteiger partial charge in [0.2, 0.25) is 0 Å². The van der Waals surface area contributed by atoms with E-state index in [1.54, 1.807) is 4.90 Å². The summed E-state index contributed by atoms with van der Waals surface area (Å²) in [7, 11) is 0. The molecular weight excluding hydrogens is 256 g/mol. The number of rotatable bonds is 3. The van der Waals surface area contributed by atoms with Crippen molar-refractivity contribution >= 4 is 6.09 Å². The van der Waals surface area contributed by atoms with Crippen molar-refractivity contribution in [3.05, 3.63) is 0 Å². The summed E-state index contributed by atoms with van der Waals surface area (Å²) in [6, 6.07) is 0. The number of carbonyl (C=O) groups excluding carboxylic acids is 1. The third kappa shape index (κ3) is 7.10. The lowest BCUT2D eigenvalue weighted by atomic mass is 9.99. The third-order valence-corrected chi connectivity index (χ3v) is 2.92. The van der Waals surface area contributed by atoms with Crippen LogP contribution in [0.2, 0.25) is 0 Å². The zero-order valence-electron chi connectivity index (χ0n) is 13.8. The van der Waals surface area contributed by atoms with Gasteiger partial charge < -0.3 is 9.64 Å². The maximum Gasteiger partial charge on any atom is 0.410 e. The molecule has 1 aliphatic heterocycles. The lowest BCUT2D eigenvalue weighted by Crippen LogP contribution is -2.45. The molecule has 1 saturated heterocycles. The van der Waals surface area contributed by atoms with E-state index in [1.165, 1.54) is 0 Å². The molecule has 1 amide bonds. The molecule has 1 heterocycles. The predicted octanol–water partition coefficient (Wildman–Crippen LogP) is 2.95. The highest BCUT2D eigenvalue weighted by Gasteiger charge is 2.27. The van der Waals surface area contributed by atoms with E-state index in [9.17, 15) is 4.79 Å². The smallest absolute Gasteiger partial charge is 0.410 e. The van der Waals surface area contributed by atoms with Crippen molar-refractivity contribution in [2.24, 2.45) is 5.92 Å². The summed E-state index contributed by atoms with van der Waals surface area (Å²) < 4.78 is 5.42. The van der Waals surface area contributed by atoms with Gasteiger partial charge in [-0.1, -0.05) is 0 Å². The molecule has 5 nitrogen and oxygen atoms in total. The highest BCUT2D eigenvalue weighted by Crippen LogP contribution is 2.19. The minimum atomic E-state index is -0.433. The second kappa shape index (κ2) is 6.76. The van der Waals surface area contributed by atoms with E-state index in [4.69, 9.17) is 9.57 Å². The average molecular weight is 286 g/mol. The van der Waals surface area contributed by atoms with Crippen LogP contribution in [0.1, 0.15) is 54.4 Å². The van der Waals surface area contributed by atoms with E-state index in [2.05, 4.69) is 5.48 Å². The van der Waals surface area contributed by atoms with Crippen LogP contribution in [-0.2, 0) is 9.57 Å². The fraction of sp³-hybridized carbons (Fsp3) is 0.933. The number of nitrogens with zero attached hydrogens (tertiary/aromatic N) is 1. The number of nitrogens with one attached hydrogen (secondary N) is 1. The van der Waals surface area contributed by atoms with Crippen LogP contribution < -0.4 is 5.48 Å². The van der Waals surface area contributed by atoms with Crippen molar-refractivity contribution in [1.29, 1.82) is 0 Å². The number of hydrogen-bond donors (Lipinski definition) is 1. The molecule has 0 spiro atoms. The molecule has 0 bridgehead atoms. The minimum Gasteiger partial charge on any atom is -0.444 e. The molecule has 1 aliphatic rings. The van der Waals surface area contributed by atoms with Crippen molar-refractivity contribution in [3.63, 3.8) is 0 Å². The highest BCUT2D eigenvalue weighted by atomic mass is 16.7. The van der Waals surface area contributed by atoms with Crippen LogP contribution in [0.3, 0.4) is 0 Å². The molecule has 1 unspecified atom stereocenters. The molecule has 118 valence electrons. The lowest BCUT2D eigenvalue weighted by Gasteiger charge is -2.34. The van der Waals surface area contributed by atoms with Crippen LogP contribution in [0.4, 0.5) is 4.79 Å². The van der Waals surface area contributed by atoms with E-state index >= 15 is 0 Å². The largest absolute Gasteiger partial charge is 0.444 e. The lowest BCUT2D eigenvalue weighted by molar-refractivity contribution is -0.0798. The van der Waals surface area contributed by atoms with E-state index < -0.39 is 5.60 Å². The van der Waals surface area contributed by atoms with E-state index in [1.807, 2.05) is 41.5 Å². The molecule has 1 atom stereocenters.